The number of para-hydroxylation sites is 1. The lowest BCUT2D eigenvalue weighted by molar-refractivity contribution is -0.136. The largest absolute Gasteiger partial charge is 0.352 e. The minimum absolute atomic E-state index is 0.0262. The summed E-state index contributed by atoms with van der Waals surface area (Å²) in [6.07, 6.45) is 1.60. The molecule has 7 heteroatoms. The second-order valence-corrected chi connectivity index (χ2v) is 6.14. The van der Waals surface area contributed by atoms with E-state index in [1.807, 2.05) is 26.8 Å². The summed E-state index contributed by atoms with van der Waals surface area (Å²) in [4.78, 5) is 42.3. The zero-order chi connectivity index (χ0) is 18.4. The quantitative estimate of drug-likeness (QED) is 0.817. The molecule has 0 aliphatic rings. The van der Waals surface area contributed by atoms with E-state index in [9.17, 15) is 14.4 Å². The van der Waals surface area contributed by atoms with E-state index in [-0.39, 0.29) is 42.9 Å². The van der Waals surface area contributed by atoms with Gasteiger partial charge in [0.05, 0.1) is 23.8 Å². The van der Waals surface area contributed by atoms with Gasteiger partial charge in [0.25, 0.3) is 5.56 Å². The Balaban J connectivity index is 2.02. The van der Waals surface area contributed by atoms with Crippen molar-refractivity contribution in [3.05, 3.63) is 40.9 Å². The van der Waals surface area contributed by atoms with Crippen molar-refractivity contribution in [3.63, 3.8) is 0 Å². The van der Waals surface area contributed by atoms with E-state index in [2.05, 4.69) is 10.3 Å². The van der Waals surface area contributed by atoms with Gasteiger partial charge >= 0.3 is 0 Å². The van der Waals surface area contributed by atoms with Crippen molar-refractivity contribution in [2.45, 2.75) is 39.8 Å². The summed E-state index contributed by atoms with van der Waals surface area (Å²) in [6, 6.07) is 7.14. The Hall–Kier alpha value is -2.70. The third kappa shape index (κ3) is 4.89. The molecule has 0 fully saturated rings. The van der Waals surface area contributed by atoms with Crippen molar-refractivity contribution in [1.82, 2.24) is 19.8 Å². The summed E-state index contributed by atoms with van der Waals surface area (Å²) in [5.74, 6) is -0.351. The molecule has 2 amide bonds. The molecule has 0 atom stereocenters. The first kappa shape index (κ1) is 18.6. The van der Waals surface area contributed by atoms with Gasteiger partial charge in [-0.2, -0.15) is 0 Å². The number of carbonyl (C=O) groups excluding carboxylic acids is 2. The first-order valence-corrected chi connectivity index (χ1v) is 8.43. The van der Waals surface area contributed by atoms with E-state index in [1.54, 1.807) is 18.2 Å². The van der Waals surface area contributed by atoms with E-state index in [0.717, 1.165) is 0 Å². The van der Waals surface area contributed by atoms with Gasteiger partial charge in [-0.15, -0.1) is 0 Å². The van der Waals surface area contributed by atoms with Crippen LogP contribution in [0.5, 0.6) is 0 Å². The predicted molar refractivity (Wildman–Crippen MR) is 96.2 cm³/mol. The Morgan fingerprint density at radius 2 is 2.00 bits per heavy atom. The Kier molecular flexibility index (Phi) is 6.27. The first-order chi connectivity index (χ1) is 11.9. The number of nitrogens with zero attached hydrogens (tertiary/aromatic N) is 3. The van der Waals surface area contributed by atoms with Crippen molar-refractivity contribution in [2.24, 2.45) is 0 Å². The number of nitrogens with one attached hydrogen (secondary N) is 1. The Bertz CT molecular complexity index is 813. The average Bonchev–Trinajstić information content (AvgIpc) is 2.58. The highest BCUT2D eigenvalue weighted by Gasteiger charge is 2.16. The van der Waals surface area contributed by atoms with Crippen LogP contribution in [-0.2, 0) is 16.1 Å². The van der Waals surface area contributed by atoms with E-state index >= 15 is 0 Å². The molecule has 0 unspecified atom stereocenters. The number of aryl methyl sites for hydroxylation is 1. The third-order valence-electron chi connectivity index (χ3n) is 3.82. The van der Waals surface area contributed by atoms with Gasteiger partial charge in [-0.1, -0.05) is 12.1 Å². The minimum atomic E-state index is -0.185. The van der Waals surface area contributed by atoms with Gasteiger partial charge in [0.15, 0.2) is 0 Å². The average molecular weight is 344 g/mol. The molecule has 0 aliphatic heterocycles. The van der Waals surface area contributed by atoms with Crippen LogP contribution >= 0.6 is 0 Å². The molecule has 1 N–H and O–H groups in total. The van der Waals surface area contributed by atoms with Gasteiger partial charge in [0, 0.05) is 25.6 Å². The van der Waals surface area contributed by atoms with Gasteiger partial charge in [-0.3, -0.25) is 19.0 Å². The molecule has 0 saturated heterocycles. The number of fused-ring (bicyclic) bond motifs is 1. The van der Waals surface area contributed by atoms with Gasteiger partial charge < -0.3 is 10.2 Å². The molecule has 0 radical (unpaired) electrons. The number of aromatic nitrogens is 2. The molecule has 25 heavy (non-hydrogen) atoms. The summed E-state index contributed by atoms with van der Waals surface area (Å²) in [5, 5.41) is 3.30. The summed E-state index contributed by atoms with van der Waals surface area (Å²) in [7, 11) is 0. The predicted octanol–water partition coefficient (Wildman–Crippen LogP) is 1.16. The molecule has 0 saturated carbocycles. The fourth-order valence-corrected chi connectivity index (χ4v) is 2.56. The molecule has 1 heterocycles. The Morgan fingerprint density at radius 1 is 1.28 bits per heavy atom. The van der Waals surface area contributed by atoms with Gasteiger partial charge in [0.1, 0.15) is 0 Å². The van der Waals surface area contributed by atoms with Crippen LogP contribution < -0.4 is 10.9 Å². The maximum atomic E-state index is 12.4. The number of benzene rings is 1. The Morgan fingerprint density at radius 3 is 2.68 bits per heavy atom. The highest BCUT2D eigenvalue weighted by molar-refractivity contribution is 5.85. The van der Waals surface area contributed by atoms with E-state index in [4.69, 9.17) is 0 Å². The SMILES string of the molecule is CCN(CC(=O)NC(C)C)C(=O)CCn1cnc2ccccc2c1=O. The maximum Gasteiger partial charge on any atom is 0.261 e. The number of likely N-dealkylation sites (N-methyl/N-ethyl adjacent to an activating group) is 1. The van der Waals surface area contributed by atoms with Gasteiger partial charge in [0.2, 0.25) is 11.8 Å². The van der Waals surface area contributed by atoms with Crippen LogP contribution in [0.3, 0.4) is 0 Å². The monoisotopic (exact) mass is 344 g/mol. The van der Waals surface area contributed by atoms with Crippen molar-refractivity contribution in [1.29, 1.82) is 0 Å². The van der Waals surface area contributed by atoms with Crippen LogP contribution in [0.25, 0.3) is 10.9 Å². The molecule has 0 spiro atoms. The second kappa shape index (κ2) is 8.41. The number of hydrogen-bond acceptors (Lipinski definition) is 4. The summed E-state index contributed by atoms with van der Waals surface area (Å²) in [6.45, 7) is 6.26. The van der Waals surface area contributed by atoms with Crippen molar-refractivity contribution in [2.75, 3.05) is 13.1 Å². The number of hydrogen-bond donors (Lipinski definition) is 1. The Labute approximate surface area is 146 Å². The van der Waals surface area contributed by atoms with Gasteiger partial charge in [-0.05, 0) is 32.9 Å². The third-order valence-corrected chi connectivity index (χ3v) is 3.82. The lowest BCUT2D eigenvalue weighted by Gasteiger charge is -2.21. The van der Waals surface area contributed by atoms with Gasteiger partial charge in [-0.25, -0.2) is 4.98 Å². The number of amides is 2. The van der Waals surface area contributed by atoms with E-state index in [1.165, 1.54) is 15.8 Å². The van der Waals surface area contributed by atoms with Crippen LogP contribution in [0.15, 0.2) is 35.4 Å². The lowest BCUT2D eigenvalue weighted by atomic mass is 10.2. The van der Waals surface area contributed by atoms with Crippen LogP contribution in [0, 0.1) is 0 Å². The highest BCUT2D eigenvalue weighted by Crippen LogP contribution is 2.05. The zero-order valence-electron chi connectivity index (χ0n) is 14.9. The molecule has 1 aromatic heterocycles. The topological polar surface area (TPSA) is 84.3 Å². The zero-order valence-corrected chi connectivity index (χ0v) is 14.9. The lowest BCUT2D eigenvalue weighted by Crippen LogP contribution is -2.43. The van der Waals surface area contributed by atoms with Crippen molar-refractivity contribution < 1.29 is 9.59 Å². The van der Waals surface area contributed by atoms with Crippen molar-refractivity contribution >= 4 is 22.7 Å². The molecule has 2 rings (SSSR count). The first-order valence-electron chi connectivity index (χ1n) is 8.43. The molecule has 7 nitrogen and oxygen atoms in total. The molecular weight excluding hydrogens is 320 g/mol. The van der Waals surface area contributed by atoms with Crippen LogP contribution in [0.1, 0.15) is 27.2 Å². The molecule has 134 valence electrons. The molecule has 0 bridgehead atoms. The van der Waals surface area contributed by atoms with Crippen molar-refractivity contribution in [3.8, 4) is 0 Å². The fraction of sp³-hybridized carbons (Fsp3) is 0.444. The highest BCUT2D eigenvalue weighted by atomic mass is 16.2. The van der Waals surface area contributed by atoms with Crippen LogP contribution in [-0.4, -0.2) is 45.4 Å². The van der Waals surface area contributed by atoms with Crippen LogP contribution in [0.4, 0.5) is 0 Å². The molecule has 2 aromatic rings. The smallest absolute Gasteiger partial charge is 0.261 e. The molecule has 0 aliphatic carbocycles. The summed E-state index contributed by atoms with van der Waals surface area (Å²) in [5.41, 5.74) is 0.467. The van der Waals surface area contributed by atoms with E-state index < -0.39 is 0 Å². The second-order valence-electron chi connectivity index (χ2n) is 6.14. The summed E-state index contributed by atoms with van der Waals surface area (Å²) >= 11 is 0. The summed E-state index contributed by atoms with van der Waals surface area (Å²) < 4.78 is 1.43. The van der Waals surface area contributed by atoms with Crippen LogP contribution in [0.2, 0.25) is 0 Å². The number of carbonyl (C=O) groups is 2. The fourth-order valence-electron chi connectivity index (χ4n) is 2.56. The standard InChI is InChI=1S/C18H24N4O3/c1-4-21(11-16(23)20-13(2)3)17(24)9-10-22-12-19-15-8-6-5-7-14(15)18(22)25/h5-8,12-13H,4,9-11H2,1-3H3,(H,20,23). The minimum Gasteiger partial charge on any atom is -0.352 e. The molecular formula is C18H24N4O3. The van der Waals surface area contributed by atoms with E-state index in [0.29, 0.717) is 17.4 Å². The molecule has 1 aromatic carbocycles. The normalized spacial score (nSPS) is 10.9. The number of rotatable bonds is 7. The maximum absolute atomic E-state index is 12.4.